The predicted octanol–water partition coefficient (Wildman–Crippen LogP) is 3.98. The number of carbonyl (C=O) groups excluding carboxylic acids is 4. The number of alkyl carbamates (subject to hydrolysis) is 1. The number of pyridine rings is 1. The van der Waals surface area contributed by atoms with Crippen LogP contribution in [-0.2, 0) is 42.0 Å². The number of fused-ring (bicyclic) bond motifs is 5. The zero-order valence-corrected chi connectivity index (χ0v) is 32.3. The number of carbonyl (C=O) groups is 4. The topological polar surface area (TPSA) is 182 Å². The molecule has 0 unspecified atom stereocenters. The molecule has 2 aliphatic heterocycles. The largest absolute Gasteiger partial charge is 0.497 e. The van der Waals surface area contributed by atoms with Gasteiger partial charge in [-0.05, 0) is 102 Å². The minimum absolute atomic E-state index is 0.0269. The van der Waals surface area contributed by atoms with Gasteiger partial charge < -0.3 is 29.7 Å². The fourth-order valence-electron chi connectivity index (χ4n) is 7.99. The number of ether oxygens (including phenoxy) is 3. The summed E-state index contributed by atoms with van der Waals surface area (Å²) < 4.78 is 45.5. The Kier molecular flexibility index (Phi) is 10.3. The highest BCUT2D eigenvalue weighted by atomic mass is 32.2. The van der Waals surface area contributed by atoms with Crippen LogP contribution < -0.4 is 24.8 Å². The molecule has 4 amide bonds. The third-order valence-electron chi connectivity index (χ3n) is 11.0. The summed E-state index contributed by atoms with van der Waals surface area (Å²) in [5.74, 6) is -1.07. The molecule has 0 bridgehead atoms. The van der Waals surface area contributed by atoms with Crippen LogP contribution in [0.5, 0.6) is 11.6 Å². The quantitative estimate of drug-likeness (QED) is 0.349. The molecule has 5 atom stereocenters. The Morgan fingerprint density at radius 3 is 2.56 bits per heavy atom. The van der Waals surface area contributed by atoms with Gasteiger partial charge in [-0.3, -0.25) is 19.1 Å². The van der Waals surface area contributed by atoms with E-state index in [0.29, 0.717) is 38.0 Å². The van der Waals surface area contributed by atoms with Gasteiger partial charge >= 0.3 is 6.09 Å². The van der Waals surface area contributed by atoms with Crippen molar-refractivity contribution >= 4 is 44.7 Å². The number of amides is 4. The number of nitrogens with zero attached hydrogens (tertiary/aromatic N) is 2. The average Bonchev–Trinajstić information content (AvgIpc) is 3.98. The average molecular weight is 766 g/mol. The Bertz CT molecular complexity index is 1970. The normalized spacial score (nSPS) is 28.0. The van der Waals surface area contributed by atoms with Crippen LogP contribution >= 0.6 is 0 Å². The minimum atomic E-state index is -3.88. The molecule has 3 fully saturated rings. The molecule has 5 aliphatic rings. The summed E-state index contributed by atoms with van der Waals surface area (Å²) in [5.41, 5.74) is 0.588. The van der Waals surface area contributed by atoms with Crippen molar-refractivity contribution in [1.82, 2.24) is 25.2 Å². The number of hydrogen-bond donors (Lipinski definition) is 3. The summed E-state index contributed by atoms with van der Waals surface area (Å²) in [6.07, 6.45) is 9.52. The standard InChI is InChI=1S/C39H51N5O9S/c1-38(2,3)53-37(48)41-31-14-9-7-5-6-8-11-23-21-39(23,36(47)43-54(49,50)26-16-17-26)42-33(45)32-20-25(22-44(32)35(31)46)52-34-28-13-10-12-27(28)29-19-24(51-4)15-18-30(29)40-34/h8,11,15,18-19,23,25-26,31-32H,5-7,9-10,12-14,16-17,20-22H2,1-4H3,(H,41,48)(H,42,45)(H,43,47)/b11-8-/t23-,25-,31+,32+,39-/m1/s1. The fraction of sp³-hybridized carbons (Fsp3) is 0.615. The van der Waals surface area contributed by atoms with Gasteiger partial charge in [0.25, 0.3) is 5.91 Å². The van der Waals surface area contributed by atoms with Crippen LogP contribution in [0.2, 0.25) is 0 Å². The molecule has 7 rings (SSSR count). The van der Waals surface area contributed by atoms with Crippen LogP contribution in [0, 0.1) is 5.92 Å². The number of aromatic nitrogens is 1. The number of sulfonamides is 1. The fourth-order valence-corrected chi connectivity index (χ4v) is 9.35. The summed E-state index contributed by atoms with van der Waals surface area (Å²) in [4.78, 5) is 62.0. The van der Waals surface area contributed by atoms with Crippen molar-refractivity contribution in [2.45, 2.75) is 132 Å². The number of methoxy groups -OCH3 is 1. The molecule has 3 aliphatic carbocycles. The molecule has 0 spiro atoms. The van der Waals surface area contributed by atoms with E-state index >= 15 is 0 Å². The third kappa shape index (κ3) is 8.01. The number of aryl methyl sites for hydroxylation is 1. The molecule has 292 valence electrons. The second-order valence-corrected chi connectivity index (χ2v) is 18.3. The van der Waals surface area contributed by atoms with Crippen LogP contribution in [0.15, 0.2) is 30.4 Å². The SMILES string of the molecule is COc1ccc2nc(O[C@@H]3C[C@H]4C(=O)N[C@]5(C(=O)NS(=O)(=O)C6CC6)C[C@H]5/C=C\CCCCC[C@H](NC(=O)OC(C)(C)C)C(=O)N4C3)c3c(c2c1)CCC3. The minimum Gasteiger partial charge on any atom is -0.497 e. The lowest BCUT2D eigenvalue weighted by atomic mass is 10.0. The molecule has 1 aromatic heterocycles. The second-order valence-electron chi connectivity index (χ2n) is 16.3. The van der Waals surface area contributed by atoms with Crippen molar-refractivity contribution in [3.8, 4) is 11.6 Å². The van der Waals surface area contributed by atoms with Gasteiger partial charge in [-0.25, -0.2) is 18.2 Å². The molecule has 3 N–H and O–H groups in total. The lowest BCUT2D eigenvalue weighted by Crippen LogP contribution is -2.58. The Morgan fingerprint density at radius 2 is 1.81 bits per heavy atom. The van der Waals surface area contributed by atoms with Gasteiger partial charge in [-0.15, -0.1) is 0 Å². The molecule has 3 heterocycles. The molecule has 0 radical (unpaired) electrons. The predicted molar refractivity (Wildman–Crippen MR) is 199 cm³/mol. The first-order chi connectivity index (χ1) is 25.7. The van der Waals surface area contributed by atoms with E-state index in [0.717, 1.165) is 59.9 Å². The Balaban J connectivity index is 1.20. The van der Waals surface area contributed by atoms with Crippen molar-refractivity contribution < 1.29 is 41.8 Å². The van der Waals surface area contributed by atoms with E-state index in [1.807, 2.05) is 30.4 Å². The van der Waals surface area contributed by atoms with Crippen LogP contribution in [0.3, 0.4) is 0 Å². The van der Waals surface area contributed by atoms with E-state index in [2.05, 4.69) is 15.4 Å². The first-order valence-corrected chi connectivity index (χ1v) is 20.7. The van der Waals surface area contributed by atoms with Crippen molar-refractivity contribution in [1.29, 1.82) is 0 Å². The number of benzene rings is 1. The smallest absolute Gasteiger partial charge is 0.408 e. The highest BCUT2D eigenvalue weighted by Crippen LogP contribution is 2.46. The molecule has 54 heavy (non-hydrogen) atoms. The molecule has 14 nitrogen and oxygen atoms in total. The van der Waals surface area contributed by atoms with Crippen LogP contribution in [-0.4, -0.2) is 90.3 Å². The summed E-state index contributed by atoms with van der Waals surface area (Å²) in [6, 6.07) is 3.64. The van der Waals surface area contributed by atoms with Crippen molar-refractivity contribution in [3.63, 3.8) is 0 Å². The molecule has 2 saturated carbocycles. The summed E-state index contributed by atoms with van der Waals surface area (Å²) in [7, 11) is -2.26. The Labute approximate surface area is 316 Å². The van der Waals surface area contributed by atoms with Gasteiger partial charge in [0, 0.05) is 23.3 Å². The Hall–Kier alpha value is -4.40. The first-order valence-electron chi connectivity index (χ1n) is 19.2. The maximum Gasteiger partial charge on any atom is 0.408 e. The molecule has 15 heteroatoms. The van der Waals surface area contributed by atoms with Crippen LogP contribution in [0.25, 0.3) is 10.9 Å². The maximum atomic E-state index is 14.5. The number of rotatable bonds is 7. The lowest BCUT2D eigenvalue weighted by molar-refractivity contribution is -0.141. The summed E-state index contributed by atoms with van der Waals surface area (Å²) in [5, 5.41) is 6.05. The zero-order chi connectivity index (χ0) is 38.4. The highest BCUT2D eigenvalue weighted by molar-refractivity contribution is 7.91. The van der Waals surface area contributed by atoms with Crippen molar-refractivity contribution in [3.05, 3.63) is 41.5 Å². The van der Waals surface area contributed by atoms with Crippen LogP contribution in [0.4, 0.5) is 4.79 Å². The maximum absolute atomic E-state index is 14.5. The second kappa shape index (κ2) is 14.7. The van der Waals surface area contributed by atoms with E-state index in [1.165, 1.54) is 4.90 Å². The van der Waals surface area contributed by atoms with Crippen molar-refractivity contribution in [2.24, 2.45) is 5.92 Å². The van der Waals surface area contributed by atoms with E-state index in [1.54, 1.807) is 27.9 Å². The number of nitrogens with one attached hydrogen (secondary N) is 3. The number of allylic oxidation sites excluding steroid dienone is 1. The third-order valence-corrected chi connectivity index (χ3v) is 12.9. The van der Waals surface area contributed by atoms with Gasteiger partial charge in [0.05, 0.1) is 24.4 Å². The van der Waals surface area contributed by atoms with Gasteiger partial charge in [-0.1, -0.05) is 25.0 Å². The lowest BCUT2D eigenvalue weighted by Gasteiger charge is -2.30. The molecule has 1 saturated heterocycles. The summed E-state index contributed by atoms with van der Waals surface area (Å²) >= 11 is 0. The molecular formula is C39H51N5O9S. The van der Waals surface area contributed by atoms with Gasteiger partial charge in [0.1, 0.15) is 35.1 Å². The van der Waals surface area contributed by atoms with E-state index in [-0.39, 0.29) is 19.4 Å². The van der Waals surface area contributed by atoms with E-state index in [9.17, 15) is 27.6 Å². The van der Waals surface area contributed by atoms with Gasteiger partial charge in [0.15, 0.2) is 0 Å². The van der Waals surface area contributed by atoms with Crippen LogP contribution in [0.1, 0.15) is 96.1 Å². The number of hydrogen-bond acceptors (Lipinski definition) is 10. The summed E-state index contributed by atoms with van der Waals surface area (Å²) in [6.45, 7) is 5.24. The molecular weight excluding hydrogens is 715 g/mol. The monoisotopic (exact) mass is 765 g/mol. The molecule has 2 aromatic rings. The molecule has 1 aromatic carbocycles. The van der Waals surface area contributed by atoms with E-state index < -0.39 is 74.3 Å². The van der Waals surface area contributed by atoms with Gasteiger partial charge in [0.2, 0.25) is 27.7 Å². The zero-order valence-electron chi connectivity index (χ0n) is 31.4. The highest BCUT2D eigenvalue weighted by Gasteiger charge is 2.62. The Morgan fingerprint density at radius 1 is 1.04 bits per heavy atom. The van der Waals surface area contributed by atoms with Crippen molar-refractivity contribution in [2.75, 3.05) is 13.7 Å². The van der Waals surface area contributed by atoms with Gasteiger partial charge in [-0.2, -0.15) is 0 Å². The van der Waals surface area contributed by atoms with E-state index in [4.69, 9.17) is 19.2 Å². The first kappa shape index (κ1) is 37.9.